The lowest BCUT2D eigenvalue weighted by atomic mass is 10.1. The first-order chi connectivity index (χ1) is 29.1. The van der Waals surface area contributed by atoms with Crippen molar-refractivity contribution in [1.82, 2.24) is 28.7 Å². The van der Waals surface area contributed by atoms with Crippen LogP contribution in [0.4, 0.5) is 0 Å². The van der Waals surface area contributed by atoms with Crippen molar-refractivity contribution in [1.29, 1.82) is 0 Å². The average molecular weight is 757 g/mol. The van der Waals surface area contributed by atoms with Gasteiger partial charge < -0.3 is 9.13 Å². The first-order valence-corrected chi connectivity index (χ1v) is 20.0. The van der Waals surface area contributed by atoms with Crippen molar-refractivity contribution in [3.05, 3.63) is 193 Å². The third-order valence-electron chi connectivity index (χ3n) is 11.8. The molecule has 0 aliphatic rings. The van der Waals surface area contributed by atoms with Gasteiger partial charge in [0, 0.05) is 43.4 Å². The summed E-state index contributed by atoms with van der Waals surface area (Å²) < 4.78 is 6.91. The molecule has 12 rings (SSSR count). The van der Waals surface area contributed by atoms with Crippen LogP contribution in [0.15, 0.2) is 182 Å². The first-order valence-electron chi connectivity index (χ1n) is 20.0. The fourth-order valence-corrected chi connectivity index (χ4v) is 9.25. The number of hydrogen-bond acceptors (Lipinski definition) is 3. The molecule has 0 aliphatic heterocycles. The highest BCUT2D eigenvalue weighted by molar-refractivity contribution is 6.12. The van der Waals surface area contributed by atoms with Crippen LogP contribution in [0.1, 0.15) is 11.1 Å². The summed E-state index contributed by atoms with van der Waals surface area (Å²) in [6.07, 6.45) is 0. The highest BCUT2D eigenvalue weighted by Crippen LogP contribution is 2.39. The third-order valence-corrected chi connectivity index (χ3v) is 11.8. The molecule has 0 amide bonds. The lowest BCUT2D eigenvalue weighted by molar-refractivity contribution is 0.950. The van der Waals surface area contributed by atoms with Gasteiger partial charge in [0.2, 0.25) is 5.95 Å². The Morgan fingerprint density at radius 3 is 1.10 bits per heavy atom. The van der Waals surface area contributed by atoms with E-state index in [9.17, 15) is 0 Å². The maximum Gasteiger partial charge on any atom is 0.238 e. The Kier molecular flexibility index (Phi) is 7.26. The molecule has 0 radical (unpaired) electrons. The van der Waals surface area contributed by atoms with Crippen LogP contribution in [0.3, 0.4) is 0 Å². The third kappa shape index (κ3) is 5.03. The van der Waals surface area contributed by atoms with Gasteiger partial charge in [-0.2, -0.15) is 9.97 Å². The maximum atomic E-state index is 5.47. The molecule has 0 bridgehead atoms. The summed E-state index contributed by atoms with van der Waals surface area (Å²) in [5.41, 5.74) is 12.8. The molecule has 0 saturated carbocycles. The van der Waals surface area contributed by atoms with Crippen LogP contribution in [0.2, 0.25) is 0 Å². The van der Waals surface area contributed by atoms with Crippen LogP contribution < -0.4 is 0 Å². The zero-order valence-electron chi connectivity index (χ0n) is 32.5. The largest absolute Gasteiger partial charge is 0.309 e. The van der Waals surface area contributed by atoms with E-state index in [1.165, 1.54) is 32.7 Å². The Balaban J connectivity index is 1.18. The number of para-hydroxylation sites is 6. The van der Waals surface area contributed by atoms with E-state index in [0.29, 0.717) is 17.6 Å². The van der Waals surface area contributed by atoms with Gasteiger partial charge in [0.25, 0.3) is 0 Å². The summed E-state index contributed by atoms with van der Waals surface area (Å²) in [7, 11) is 0. The summed E-state index contributed by atoms with van der Waals surface area (Å²) in [6, 6.07) is 64.7. The molecule has 0 spiro atoms. The van der Waals surface area contributed by atoms with Crippen molar-refractivity contribution < 1.29 is 0 Å². The number of hydrogen-bond donors (Lipinski definition) is 0. The van der Waals surface area contributed by atoms with Crippen LogP contribution in [0, 0.1) is 13.8 Å². The number of aryl methyl sites for hydroxylation is 2. The van der Waals surface area contributed by atoms with Gasteiger partial charge >= 0.3 is 0 Å². The van der Waals surface area contributed by atoms with Gasteiger partial charge in [-0.15, -0.1) is 0 Å². The van der Waals surface area contributed by atoms with Crippen molar-refractivity contribution >= 4 is 65.4 Å². The van der Waals surface area contributed by atoms with Crippen molar-refractivity contribution in [3.63, 3.8) is 0 Å². The summed E-state index contributed by atoms with van der Waals surface area (Å²) >= 11 is 0. The number of fused-ring (bicyclic) bond motifs is 9. The molecule has 0 unspecified atom stereocenters. The number of rotatable bonds is 5. The highest BCUT2D eigenvalue weighted by atomic mass is 15.2. The molecule has 0 N–H and O–H groups in total. The molecule has 12 aromatic rings. The summed E-state index contributed by atoms with van der Waals surface area (Å²) in [5, 5.41) is 7.14. The molecule has 0 fully saturated rings. The van der Waals surface area contributed by atoms with Crippen LogP contribution in [0.25, 0.3) is 106 Å². The van der Waals surface area contributed by atoms with Crippen molar-refractivity contribution in [3.8, 4) is 40.1 Å². The number of aromatic nitrogens is 6. The van der Waals surface area contributed by atoms with Crippen LogP contribution in [-0.4, -0.2) is 28.7 Å². The molecule has 6 heteroatoms. The van der Waals surface area contributed by atoms with E-state index in [1.807, 2.05) is 0 Å². The minimum Gasteiger partial charge on any atom is -0.309 e. The Morgan fingerprint density at radius 1 is 0.305 bits per heavy atom. The van der Waals surface area contributed by atoms with Crippen molar-refractivity contribution in [2.75, 3.05) is 0 Å². The Bertz CT molecular complexity index is 3600. The molecule has 278 valence electrons. The predicted octanol–water partition coefficient (Wildman–Crippen LogP) is 13.1. The minimum atomic E-state index is 0.560. The minimum absolute atomic E-state index is 0.560. The normalized spacial score (nSPS) is 11.9. The van der Waals surface area contributed by atoms with Gasteiger partial charge in [-0.3, -0.25) is 4.57 Å². The second kappa shape index (κ2) is 12.8. The standard InChI is InChI=1S/C53H36N6/c1-33-27-29-49-41(31-33)37-17-5-11-23-45(37)58(49)48-26-14-8-20-40(48)52-54-51(55-53(56-52)59-46-24-12-6-18-38(46)42-32-34(2)28-30-50(42)59)39-19-7-13-25-47(39)57-43-21-9-3-15-35(43)36-16-4-10-22-44(36)57/h3-32H,1-2H3. The lowest BCUT2D eigenvalue weighted by Gasteiger charge is -2.17. The summed E-state index contributed by atoms with van der Waals surface area (Å²) in [4.78, 5) is 16.4. The summed E-state index contributed by atoms with van der Waals surface area (Å²) in [5.74, 6) is 1.74. The zero-order chi connectivity index (χ0) is 39.2. The average Bonchev–Trinajstić information content (AvgIpc) is 3.91. The fourth-order valence-electron chi connectivity index (χ4n) is 9.25. The van der Waals surface area contributed by atoms with Gasteiger partial charge in [-0.1, -0.05) is 120 Å². The molecule has 0 atom stereocenters. The Labute approximate surface area is 339 Å². The first kappa shape index (κ1) is 33.3. The number of nitrogens with zero attached hydrogens (tertiary/aromatic N) is 6. The van der Waals surface area contributed by atoms with E-state index < -0.39 is 0 Å². The van der Waals surface area contributed by atoms with Crippen LogP contribution in [0.5, 0.6) is 0 Å². The van der Waals surface area contributed by atoms with Gasteiger partial charge in [-0.25, -0.2) is 4.98 Å². The van der Waals surface area contributed by atoms with Crippen LogP contribution in [-0.2, 0) is 0 Å². The molecule has 0 saturated heterocycles. The molecular weight excluding hydrogens is 721 g/mol. The van der Waals surface area contributed by atoms with E-state index in [4.69, 9.17) is 15.0 Å². The number of benzene rings is 8. The fraction of sp³-hybridized carbons (Fsp3) is 0.0377. The van der Waals surface area contributed by atoms with Gasteiger partial charge in [0.05, 0.1) is 44.5 Å². The van der Waals surface area contributed by atoms with E-state index in [1.54, 1.807) is 0 Å². The van der Waals surface area contributed by atoms with Gasteiger partial charge in [-0.05, 0) is 86.6 Å². The second-order valence-corrected chi connectivity index (χ2v) is 15.4. The van der Waals surface area contributed by atoms with Crippen molar-refractivity contribution in [2.24, 2.45) is 0 Å². The molecule has 59 heavy (non-hydrogen) atoms. The predicted molar refractivity (Wildman–Crippen MR) is 243 cm³/mol. The van der Waals surface area contributed by atoms with Crippen LogP contribution >= 0.6 is 0 Å². The quantitative estimate of drug-likeness (QED) is 0.176. The van der Waals surface area contributed by atoms with E-state index in [-0.39, 0.29) is 0 Å². The monoisotopic (exact) mass is 756 g/mol. The second-order valence-electron chi connectivity index (χ2n) is 15.4. The molecule has 0 aliphatic carbocycles. The summed E-state index contributed by atoms with van der Waals surface area (Å²) in [6.45, 7) is 4.30. The topological polar surface area (TPSA) is 53.5 Å². The Hall–Kier alpha value is -7.83. The zero-order valence-corrected chi connectivity index (χ0v) is 32.5. The highest BCUT2D eigenvalue weighted by Gasteiger charge is 2.23. The SMILES string of the molecule is Cc1ccc2c(c1)c1ccccc1n2-c1nc(-c2ccccc2-n2c3ccccc3c3ccccc32)nc(-c2ccccc2-n2c3ccccc3c3cc(C)ccc32)n1. The van der Waals surface area contributed by atoms with E-state index >= 15 is 0 Å². The molecular formula is C53H36N6. The molecule has 6 nitrogen and oxygen atoms in total. The van der Waals surface area contributed by atoms with E-state index in [2.05, 4.69) is 210 Å². The smallest absolute Gasteiger partial charge is 0.238 e. The van der Waals surface area contributed by atoms with E-state index in [0.717, 1.165) is 66.4 Å². The van der Waals surface area contributed by atoms with Crippen molar-refractivity contribution in [2.45, 2.75) is 13.8 Å². The molecule has 4 aromatic heterocycles. The van der Waals surface area contributed by atoms with Gasteiger partial charge in [0.15, 0.2) is 11.6 Å². The molecule has 4 heterocycles. The maximum absolute atomic E-state index is 5.47. The Morgan fingerprint density at radius 2 is 0.644 bits per heavy atom. The van der Waals surface area contributed by atoms with Gasteiger partial charge in [0.1, 0.15) is 0 Å². The molecule has 8 aromatic carbocycles. The lowest BCUT2D eigenvalue weighted by Crippen LogP contribution is -2.09.